The van der Waals surface area contributed by atoms with Crippen molar-refractivity contribution in [3.05, 3.63) is 0 Å². The van der Waals surface area contributed by atoms with Gasteiger partial charge in [-0.1, -0.05) is 0 Å². The molecule has 0 aromatic heterocycles. The first-order valence-electron chi connectivity index (χ1n) is 6.96. The number of rotatable bonds is 3. The van der Waals surface area contributed by atoms with Gasteiger partial charge in [-0.3, -0.25) is 4.18 Å². The largest absolute Gasteiger partial charge is 0.348 e. The van der Waals surface area contributed by atoms with E-state index in [-0.39, 0.29) is 6.61 Å². The van der Waals surface area contributed by atoms with E-state index >= 15 is 0 Å². The van der Waals surface area contributed by atoms with Gasteiger partial charge in [0.1, 0.15) is 24.9 Å². The standard InChI is InChI=1S/C12H21NO8S/c1-10(2)16-5-7-8(19-10)9-12(18-7,6-17-22(13,14)15)21-11(3,4)20-9/h7-9H,5-6H2,1-4H3,(H2,13,14,15)/t7-,8+,9?,12-/m0/s1. The van der Waals surface area contributed by atoms with Crippen LogP contribution in [0.3, 0.4) is 0 Å². The molecular weight excluding hydrogens is 318 g/mol. The fraction of sp³-hybridized carbons (Fsp3) is 1.00. The van der Waals surface area contributed by atoms with Crippen LogP contribution in [0.15, 0.2) is 0 Å². The summed E-state index contributed by atoms with van der Waals surface area (Å²) in [6.07, 6.45) is -1.56. The van der Waals surface area contributed by atoms with Crippen LogP contribution in [0.2, 0.25) is 0 Å². The Morgan fingerprint density at radius 2 is 1.82 bits per heavy atom. The van der Waals surface area contributed by atoms with Crippen molar-refractivity contribution in [3.8, 4) is 0 Å². The maximum Gasteiger partial charge on any atom is 0.333 e. The SMILES string of the molecule is CC1(C)OC[C@@H]2O[C@@]3(COS(N)(=O)=O)OC(C)(C)OC3[C@@H]2O1. The lowest BCUT2D eigenvalue weighted by atomic mass is 10.0. The molecule has 0 aromatic rings. The predicted molar refractivity (Wildman–Crippen MR) is 71.6 cm³/mol. The van der Waals surface area contributed by atoms with Crippen molar-refractivity contribution < 1.29 is 36.3 Å². The van der Waals surface area contributed by atoms with Crippen molar-refractivity contribution in [2.75, 3.05) is 13.2 Å². The zero-order chi connectivity index (χ0) is 16.4. The second kappa shape index (κ2) is 4.84. The van der Waals surface area contributed by atoms with Gasteiger partial charge in [-0.25, -0.2) is 5.14 Å². The van der Waals surface area contributed by atoms with E-state index < -0.39 is 52.6 Å². The quantitative estimate of drug-likeness (QED) is 0.739. The highest BCUT2D eigenvalue weighted by molar-refractivity contribution is 7.84. The summed E-state index contributed by atoms with van der Waals surface area (Å²) in [4.78, 5) is 0. The highest BCUT2D eigenvalue weighted by Gasteiger charge is 2.67. The summed E-state index contributed by atoms with van der Waals surface area (Å²) >= 11 is 0. The molecule has 9 nitrogen and oxygen atoms in total. The molecule has 22 heavy (non-hydrogen) atoms. The molecule has 0 aliphatic carbocycles. The number of nitrogens with two attached hydrogens (primary N) is 1. The van der Waals surface area contributed by atoms with Crippen molar-refractivity contribution in [1.29, 1.82) is 0 Å². The fourth-order valence-corrected chi connectivity index (χ4v) is 3.37. The Hall–Kier alpha value is -0.330. The molecule has 3 aliphatic rings. The first-order chi connectivity index (χ1) is 9.92. The monoisotopic (exact) mass is 339 g/mol. The van der Waals surface area contributed by atoms with E-state index in [2.05, 4.69) is 0 Å². The van der Waals surface area contributed by atoms with E-state index in [0.717, 1.165) is 0 Å². The van der Waals surface area contributed by atoms with Gasteiger partial charge < -0.3 is 23.7 Å². The Morgan fingerprint density at radius 3 is 2.45 bits per heavy atom. The van der Waals surface area contributed by atoms with Crippen molar-refractivity contribution in [2.45, 2.75) is 63.4 Å². The Morgan fingerprint density at radius 1 is 1.14 bits per heavy atom. The molecule has 0 aromatic carbocycles. The molecule has 0 bridgehead atoms. The third-order valence-corrected chi connectivity index (χ3v) is 4.16. The van der Waals surface area contributed by atoms with Crippen LogP contribution in [0, 0.1) is 0 Å². The number of fused-ring (bicyclic) bond motifs is 3. The van der Waals surface area contributed by atoms with Crippen molar-refractivity contribution >= 4 is 10.3 Å². The molecule has 3 aliphatic heterocycles. The van der Waals surface area contributed by atoms with Crippen LogP contribution in [-0.4, -0.2) is 57.3 Å². The van der Waals surface area contributed by atoms with Crippen molar-refractivity contribution in [1.82, 2.24) is 0 Å². The molecule has 10 heteroatoms. The van der Waals surface area contributed by atoms with Gasteiger partial charge >= 0.3 is 10.3 Å². The van der Waals surface area contributed by atoms with Gasteiger partial charge in [0.25, 0.3) is 0 Å². The van der Waals surface area contributed by atoms with Crippen LogP contribution in [0.4, 0.5) is 0 Å². The second-order valence-electron chi connectivity index (χ2n) is 6.56. The third-order valence-electron chi connectivity index (χ3n) is 3.72. The highest BCUT2D eigenvalue weighted by atomic mass is 32.2. The fourth-order valence-electron chi connectivity index (χ4n) is 3.04. The Labute approximate surface area is 129 Å². The molecule has 3 saturated heterocycles. The van der Waals surface area contributed by atoms with Gasteiger partial charge in [0.2, 0.25) is 5.79 Å². The molecule has 0 amide bonds. The van der Waals surface area contributed by atoms with Gasteiger partial charge in [-0.15, -0.1) is 0 Å². The van der Waals surface area contributed by atoms with E-state index in [1.165, 1.54) is 0 Å². The predicted octanol–water partition coefficient (Wildman–Crippen LogP) is -0.395. The van der Waals surface area contributed by atoms with E-state index in [0.29, 0.717) is 0 Å². The Bertz CT molecular complexity index is 561. The van der Waals surface area contributed by atoms with Crippen LogP contribution in [0.5, 0.6) is 0 Å². The summed E-state index contributed by atoms with van der Waals surface area (Å²) in [6.45, 7) is 6.82. The first kappa shape index (κ1) is 16.5. The van der Waals surface area contributed by atoms with Gasteiger partial charge in [0.05, 0.1) is 6.61 Å². The maximum absolute atomic E-state index is 11.1. The molecule has 1 unspecified atom stereocenters. The summed E-state index contributed by atoms with van der Waals surface area (Å²) < 4.78 is 55.8. The molecule has 2 N–H and O–H groups in total. The van der Waals surface area contributed by atoms with Gasteiger partial charge in [0.15, 0.2) is 11.6 Å². The van der Waals surface area contributed by atoms with Gasteiger partial charge in [0, 0.05) is 0 Å². The number of hydrogen-bond acceptors (Lipinski definition) is 8. The van der Waals surface area contributed by atoms with E-state index in [1.54, 1.807) is 27.7 Å². The molecule has 4 atom stereocenters. The second-order valence-corrected chi connectivity index (χ2v) is 7.78. The minimum absolute atomic E-state index is 0.276. The molecule has 0 radical (unpaired) electrons. The Balaban J connectivity index is 1.86. The third kappa shape index (κ3) is 3.02. The van der Waals surface area contributed by atoms with Crippen molar-refractivity contribution in [3.63, 3.8) is 0 Å². The minimum atomic E-state index is -4.14. The van der Waals surface area contributed by atoms with Crippen LogP contribution >= 0.6 is 0 Å². The molecule has 3 rings (SSSR count). The number of hydrogen-bond donors (Lipinski definition) is 1. The van der Waals surface area contributed by atoms with E-state index in [4.69, 9.17) is 33.0 Å². The highest BCUT2D eigenvalue weighted by Crippen LogP contribution is 2.49. The summed E-state index contributed by atoms with van der Waals surface area (Å²) in [5.74, 6) is -3.17. The zero-order valence-electron chi connectivity index (χ0n) is 12.9. The van der Waals surface area contributed by atoms with E-state index in [9.17, 15) is 8.42 Å². The topological polar surface area (TPSA) is 116 Å². The lowest BCUT2D eigenvalue weighted by Crippen LogP contribution is -2.51. The first-order valence-corrected chi connectivity index (χ1v) is 8.43. The summed E-state index contributed by atoms with van der Waals surface area (Å²) in [5.41, 5.74) is 0. The minimum Gasteiger partial charge on any atom is -0.348 e. The normalized spacial score (nSPS) is 42.9. The van der Waals surface area contributed by atoms with Crippen LogP contribution < -0.4 is 5.14 Å². The van der Waals surface area contributed by atoms with Gasteiger partial charge in [-0.2, -0.15) is 8.42 Å². The summed E-state index contributed by atoms with van der Waals surface area (Å²) in [7, 11) is -4.14. The average molecular weight is 339 g/mol. The molecule has 0 saturated carbocycles. The molecule has 3 fully saturated rings. The summed E-state index contributed by atoms with van der Waals surface area (Å²) in [6, 6.07) is 0. The average Bonchev–Trinajstić information content (AvgIpc) is 2.74. The molecule has 0 spiro atoms. The van der Waals surface area contributed by atoms with Crippen LogP contribution in [0.25, 0.3) is 0 Å². The number of ether oxygens (including phenoxy) is 5. The Kier molecular flexibility index (Phi) is 3.63. The molecule has 3 heterocycles. The molecular formula is C12H21NO8S. The zero-order valence-corrected chi connectivity index (χ0v) is 13.7. The molecule has 128 valence electrons. The smallest absolute Gasteiger partial charge is 0.333 e. The lowest BCUT2D eigenvalue weighted by molar-refractivity contribution is -0.329. The summed E-state index contributed by atoms with van der Waals surface area (Å²) in [5, 5.41) is 4.89. The maximum atomic E-state index is 11.1. The lowest BCUT2D eigenvalue weighted by Gasteiger charge is -2.38. The van der Waals surface area contributed by atoms with Gasteiger partial charge in [-0.05, 0) is 27.7 Å². The van der Waals surface area contributed by atoms with Crippen molar-refractivity contribution in [2.24, 2.45) is 5.14 Å². The van der Waals surface area contributed by atoms with Crippen LogP contribution in [-0.2, 0) is 38.2 Å². The van der Waals surface area contributed by atoms with E-state index in [1.807, 2.05) is 0 Å². The van der Waals surface area contributed by atoms with Crippen LogP contribution in [0.1, 0.15) is 27.7 Å².